The molecule has 0 radical (unpaired) electrons. The second-order valence-corrected chi connectivity index (χ2v) is 5.08. The van der Waals surface area contributed by atoms with Gasteiger partial charge in [-0.25, -0.2) is 0 Å². The zero-order chi connectivity index (χ0) is 11.1. The molecule has 3 heteroatoms. The number of pyridine rings is 1. The summed E-state index contributed by atoms with van der Waals surface area (Å²) in [7, 11) is 0. The van der Waals surface area contributed by atoms with E-state index in [1.165, 1.54) is 24.1 Å². The average molecular weight is 218 g/mol. The first kappa shape index (κ1) is 10.1. The molecule has 2 atom stereocenters. The minimum atomic E-state index is -0.0871. The number of hydrogen-bond donors (Lipinski definition) is 1. The fourth-order valence-corrected chi connectivity index (χ4v) is 3.30. The molecule has 3 rings (SSSR count). The van der Waals surface area contributed by atoms with Crippen molar-refractivity contribution in [2.75, 3.05) is 4.90 Å². The molecule has 3 heterocycles. The van der Waals surface area contributed by atoms with Crippen molar-refractivity contribution in [3.05, 3.63) is 24.0 Å². The third kappa shape index (κ3) is 1.50. The second-order valence-electron chi connectivity index (χ2n) is 5.08. The molecule has 0 amide bonds. The number of aromatic nitrogens is 1. The summed E-state index contributed by atoms with van der Waals surface area (Å²) in [5, 5.41) is 9.78. The Hall–Kier alpha value is -1.09. The summed E-state index contributed by atoms with van der Waals surface area (Å²) in [5.74, 6) is 0. The van der Waals surface area contributed by atoms with Crippen molar-refractivity contribution in [3.8, 4) is 0 Å². The van der Waals surface area contributed by atoms with Crippen LogP contribution in [0.2, 0.25) is 0 Å². The van der Waals surface area contributed by atoms with Gasteiger partial charge in [-0.1, -0.05) is 0 Å². The van der Waals surface area contributed by atoms with Gasteiger partial charge in [0.1, 0.15) is 0 Å². The van der Waals surface area contributed by atoms with Gasteiger partial charge >= 0.3 is 0 Å². The van der Waals surface area contributed by atoms with Crippen LogP contribution in [0.4, 0.5) is 5.69 Å². The normalized spacial score (nSPS) is 33.1. The first-order valence-corrected chi connectivity index (χ1v) is 6.12. The molecular formula is C13H18N2O. The van der Waals surface area contributed by atoms with Crippen LogP contribution in [0.3, 0.4) is 0 Å². The summed E-state index contributed by atoms with van der Waals surface area (Å²) < 4.78 is 0. The number of aryl methyl sites for hydroxylation is 1. The van der Waals surface area contributed by atoms with E-state index < -0.39 is 0 Å². The Kier molecular flexibility index (Phi) is 2.36. The smallest absolute Gasteiger partial charge is 0.0579 e. The second kappa shape index (κ2) is 3.74. The van der Waals surface area contributed by atoms with E-state index in [9.17, 15) is 5.11 Å². The van der Waals surface area contributed by atoms with Gasteiger partial charge in [-0.3, -0.25) is 4.98 Å². The zero-order valence-electron chi connectivity index (χ0n) is 9.63. The third-order valence-corrected chi connectivity index (χ3v) is 3.98. The van der Waals surface area contributed by atoms with E-state index in [0.29, 0.717) is 12.1 Å². The highest BCUT2D eigenvalue weighted by molar-refractivity contribution is 5.55. The Morgan fingerprint density at radius 1 is 1.31 bits per heavy atom. The van der Waals surface area contributed by atoms with Crippen molar-refractivity contribution in [2.45, 2.75) is 50.8 Å². The highest BCUT2D eigenvalue weighted by Gasteiger charge is 2.40. The molecule has 1 N–H and O–H groups in total. The Morgan fingerprint density at radius 2 is 2.00 bits per heavy atom. The van der Waals surface area contributed by atoms with Gasteiger partial charge in [0.05, 0.1) is 6.10 Å². The van der Waals surface area contributed by atoms with Crippen LogP contribution >= 0.6 is 0 Å². The Labute approximate surface area is 96.1 Å². The molecule has 2 unspecified atom stereocenters. The monoisotopic (exact) mass is 218 g/mol. The molecule has 1 aromatic rings. The van der Waals surface area contributed by atoms with E-state index in [-0.39, 0.29) is 6.10 Å². The minimum absolute atomic E-state index is 0.0871. The van der Waals surface area contributed by atoms with Gasteiger partial charge in [-0.05, 0) is 44.2 Å². The van der Waals surface area contributed by atoms with Gasteiger partial charge < -0.3 is 10.0 Å². The molecule has 2 fully saturated rings. The largest absolute Gasteiger partial charge is 0.393 e. The fourth-order valence-electron chi connectivity index (χ4n) is 3.30. The van der Waals surface area contributed by atoms with E-state index in [2.05, 4.69) is 22.9 Å². The van der Waals surface area contributed by atoms with Gasteiger partial charge in [-0.15, -0.1) is 0 Å². The molecule has 0 spiro atoms. The molecular weight excluding hydrogens is 200 g/mol. The lowest BCUT2D eigenvalue weighted by atomic mass is 9.98. The molecule has 16 heavy (non-hydrogen) atoms. The zero-order valence-corrected chi connectivity index (χ0v) is 9.63. The molecule has 1 aromatic heterocycles. The Bertz CT molecular complexity index is 379. The number of rotatable bonds is 1. The quantitative estimate of drug-likeness (QED) is 0.782. The van der Waals surface area contributed by atoms with Crippen LogP contribution in [0.5, 0.6) is 0 Å². The van der Waals surface area contributed by atoms with Gasteiger partial charge in [0.15, 0.2) is 0 Å². The van der Waals surface area contributed by atoms with Gasteiger partial charge in [0.2, 0.25) is 0 Å². The topological polar surface area (TPSA) is 36.4 Å². The first-order chi connectivity index (χ1) is 7.75. The summed E-state index contributed by atoms with van der Waals surface area (Å²) in [6.45, 7) is 2.12. The maximum atomic E-state index is 9.78. The summed E-state index contributed by atoms with van der Waals surface area (Å²) in [6, 6.07) is 3.18. The number of fused-ring (bicyclic) bond motifs is 2. The molecule has 2 aliphatic heterocycles. The lowest BCUT2D eigenvalue weighted by Crippen LogP contribution is -2.45. The highest BCUT2D eigenvalue weighted by Crippen LogP contribution is 2.40. The summed E-state index contributed by atoms with van der Waals surface area (Å²) >= 11 is 0. The van der Waals surface area contributed by atoms with E-state index in [4.69, 9.17) is 0 Å². The van der Waals surface area contributed by atoms with Crippen LogP contribution in [0.15, 0.2) is 18.5 Å². The number of piperidine rings is 1. The lowest BCUT2D eigenvalue weighted by Gasteiger charge is -2.39. The molecule has 0 aromatic carbocycles. The van der Waals surface area contributed by atoms with Crippen LogP contribution < -0.4 is 4.90 Å². The number of hydrogen-bond acceptors (Lipinski definition) is 3. The number of anilines is 1. The fraction of sp³-hybridized carbons (Fsp3) is 0.615. The standard InChI is InChI=1S/C13H18N2O/c1-9-8-14-5-4-13(9)15-10-2-3-11(15)7-12(16)6-10/h4-5,8,10-12,16H,2-3,6-7H2,1H3. The van der Waals surface area contributed by atoms with Crippen molar-refractivity contribution in [1.29, 1.82) is 0 Å². The molecule has 2 bridgehead atoms. The number of nitrogens with zero attached hydrogens (tertiary/aromatic N) is 2. The van der Waals surface area contributed by atoms with Gasteiger partial charge in [-0.2, -0.15) is 0 Å². The molecule has 2 saturated heterocycles. The van der Waals surface area contributed by atoms with Crippen LogP contribution in [0.25, 0.3) is 0 Å². The van der Waals surface area contributed by atoms with Gasteiger partial charge in [0, 0.05) is 30.2 Å². The maximum absolute atomic E-state index is 9.78. The summed E-state index contributed by atoms with van der Waals surface area (Å²) in [6.07, 6.45) is 8.02. The highest BCUT2D eigenvalue weighted by atomic mass is 16.3. The van der Waals surface area contributed by atoms with Crippen molar-refractivity contribution in [2.24, 2.45) is 0 Å². The van der Waals surface area contributed by atoms with Crippen molar-refractivity contribution < 1.29 is 5.11 Å². The molecule has 3 nitrogen and oxygen atoms in total. The van der Waals surface area contributed by atoms with E-state index in [1.807, 2.05) is 12.4 Å². The Balaban J connectivity index is 1.94. The van der Waals surface area contributed by atoms with Crippen LogP contribution in [0, 0.1) is 6.92 Å². The summed E-state index contributed by atoms with van der Waals surface area (Å²) in [5.41, 5.74) is 2.56. The van der Waals surface area contributed by atoms with E-state index in [1.54, 1.807) is 0 Å². The van der Waals surface area contributed by atoms with Crippen molar-refractivity contribution in [3.63, 3.8) is 0 Å². The molecule has 2 aliphatic rings. The predicted molar refractivity (Wildman–Crippen MR) is 63.5 cm³/mol. The average Bonchev–Trinajstić information content (AvgIpc) is 2.53. The summed E-state index contributed by atoms with van der Waals surface area (Å²) in [4.78, 5) is 6.67. The van der Waals surface area contributed by atoms with E-state index in [0.717, 1.165) is 12.8 Å². The molecule has 0 saturated carbocycles. The number of aliphatic hydroxyl groups is 1. The Morgan fingerprint density at radius 3 is 2.62 bits per heavy atom. The first-order valence-electron chi connectivity index (χ1n) is 6.12. The maximum Gasteiger partial charge on any atom is 0.0579 e. The molecule has 0 aliphatic carbocycles. The minimum Gasteiger partial charge on any atom is -0.393 e. The predicted octanol–water partition coefficient (Wildman–Crippen LogP) is 1.88. The van der Waals surface area contributed by atoms with Crippen molar-refractivity contribution >= 4 is 5.69 Å². The number of aliphatic hydroxyl groups excluding tert-OH is 1. The van der Waals surface area contributed by atoms with Crippen molar-refractivity contribution in [1.82, 2.24) is 4.98 Å². The molecule has 86 valence electrons. The SMILES string of the molecule is Cc1cnccc1N1C2CCC1CC(O)C2. The lowest BCUT2D eigenvalue weighted by molar-refractivity contribution is 0.126. The van der Waals surface area contributed by atoms with Crippen LogP contribution in [-0.4, -0.2) is 28.3 Å². The van der Waals surface area contributed by atoms with Crippen LogP contribution in [-0.2, 0) is 0 Å². The van der Waals surface area contributed by atoms with Gasteiger partial charge in [0.25, 0.3) is 0 Å². The third-order valence-electron chi connectivity index (χ3n) is 3.98. The van der Waals surface area contributed by atoms with Crippen LogP contribution in [0.1, 0.15) is 31.2 Å². The van der Waals surface area contributed by atoms with E-state index >= 15 is 0 Å².